The van der Waals surface area contributed by atoms with Crippen LogP contribution in [0.2, 0.25) is 0 Å². The molecule has 1 heterocycles. The molecular formula is C21H23NO3. The van der Waals surface area contributed by atoms with E-state index in [1.807, 2.05) is 75.4 Å². The molecule has 2 aromatic carbocycles. The Morgan fingerprint density at radius 1 is 0.960 bits per heavy atom. The van der Waals surface area contributed by atoms with E-state index in [0.717, 1.165) is 28.5 Å². The first-order valence-corrected chi connectivity index (χ1v) is 8.53. The van der Waals surface area contributed by atoms with E-state index < -0.39 is 0 Å². The van der Waals surface area contributed by atoms with Crippen LogP contribution in [0.25, 0.3) is 11.5 Å². The second-order valence-corrected chi connectivity index (χ2v) is 6.12. The number of hydrogen-bond donors (Lipinski definition) is 0. The summed E-state index contributed by atoms with van der Waals surface area (Å²) in [5.41, 5.74) is 1.86. The van der Waals surface area contributed by atoms with E-state index in [1.165, 1.54) is 0 Å². The topological polar surface area (TPSA) is 44.5 Å². The van der Waals surface area contributed by atoms with Gasteiger partial charge in [-0.3, -0.25) is 0 Å². The maximum atomic E-state index is 5.82. The maximum Gasteiger partial charge on any atom is 0.226 e. The van der Waals surface area contributed by atoms with Gasteiger partial charge in [0, 0.05) is 12.0 Å². The number of para-hydroxylation sites is 1. The molecule has 3 rings (SSSR count). The van der Waals surface area contributed by atoms with Crippen LogP contribution < -0.4 is 9.47 Å². The standard InChI is InChI=1S/C21H23NO3/c1-15(2)24-19-11-9-17(10-12-19)21-22-20(16(3)25-21)13-14-23-18-7-5-4-6-8-18/h4-12,15H,13-14H2,1-3H3. The number of rotatable bonds is 7. The Labute approximate surface area is 148 Å². The second-order valence-electron chi connectivity index (χ2n) is 6.12. The maximum absolute atomic E-state index is 5.82. The van der Waals surface area contributed by atoms with E-state index in [2.05, 4.69) is 4.98 Å². The van der Waals surface area contributed by atoms with E-state index >= 15 is 0 Å². The average molecular weight is 337 g/mol. The number of oxazole rings is 1. The zero-order chi connectivity index (χ0) is 17.6. The van der Waals surface area contributed by atoms with Crippen molar-refractivity contribution in [2.75, 3.05) is 6.61 Å². The summed E-state index contributed by atoms with van der Waals surface area (Å²) in [5.74, 6) is 3.17. The van der Waals surface area contributed by atoms with Gasteiger partial charge in [0.2, 0.25) is 5.89 Å². The van der Waals surface area contributed by atoms with Crippen molar-refractivity contribution in [2.24, 2.45) is 0 Å². The SMILES string of the molecule is Cc1oc(-c2ccc(OC(C)C)cc2)nc1CCOc1ccccc1. The number of benzene rings is 2. The Morgan fingerprint density at radius 2 is 1.68 bits per heavy atom. The normalized spacial score (nSPS) is 10.9. The Morgan fingerprint density at radius 3 is 2.36 bits per heavy atom. The number of hydrogen-bond acceptors (Lipinski definition) is 4. The fourth-order valence-corrected chi connectivity index (χ4v) is 2.51. The lowest BCUT2D eigenvalue weighted by Gasteiger charge is -2.09. The molecule has 0 saturated carbocycles. The molecule has 0 unspecified atom stereocenters. The van der Waals surface area contributed by atoms with Crippen LogP contribution in [-0.4, -0.2) is 17.7 Å². The lowest BCUT2D eigenvalue weighted by Crippen LogP contribution is -2.05. The highest BCUT2D eigenvalue weighted by atomic mass is 16.5. The minimum absolute atomic E-state index is 0.158. The van der Waals surface area contributed by atoms with Crippen LogP contribution in [0, 0.1) is 6.92 Å². The molecule has 3 aromatic rings. The largest absolute Gasteiger partial charge is 0.493 e. The molecule has 4 nitrogen and oxygen atoms in total. The van der Waals surface area contributed by atoms with Gasteiger partial charge in [-0.15, -0.1) is 0 Å². The van der Waals surface area contributed by atoms with Gasteiger partial charge in [0.25, 0.3) is 0 Å². The number of aryl methyl sites for hydroxylation is 1. The summed E-state index contributed by atoms with van der Waals surface area (Å²) in [4.78, 5) is 4.61. The van der Waals surface area contributed by atoms with Crippen LogP contribution in [0.5, 0.6) is 11.5 Å². The Hall–Kier alpha value is -2.75. The number of nitrogens with zero attached hydrogens (tertiary/aromatic N) is 1. The van der Waals surface area contributed by atoms with Crippen LogP contribution in [0.4, 0.5) is 0 Å². The smallest absolute Gasteiger partial charge is 0.226 e. The van der Waals surface area contributed by atoms with Gasteiger partial charge in [-0.25, -0.2) is 4.98 Å². The third-order valence-corrected chi connectivity index (χ3v) is 3.72. The van der Waals surface area contributed by atoms with Crippen molar-refractivity contribution in [1.82, 2.24) is 4.98 Å². The van der Waals surface area contributed by atoms with Gasteiger partial charge in [0.15, 0.2) is 0 Å². The summed E-state index contributed by atoms with van der Waals surface area (Å²) in [5, 5.41) is 0. The minimum atomic E-state index is 0.158. The first kappa shape index (κ1) is 17.1. The molecule has 0 fully saturated rings. The summed E-state index contributed by atoms with van der Waals surface area (Å²) < 4.78 is 17.2. The van der Waals surface area contributed by atoms with Gasteiger partial charge in [0.1, 0.15) is 17.3 Å². The average Bonchev–Trinajstić information content (AvgIpc) is 2.97. The summed E-state index contributed by atoms with van der Waals surface area (Å²) in [7, 11) is 0. The van der Waals surface area contributed by atoms with Crippen molar-refractivity contribution in [3.8, 4) is 23.0 Å². The van der Waals surface area contributed by atoms with Gasteiger partial charge in [-0.05, 0) is 57.2 Å². The van der Waals surface area contributed by atoms with Gasteiger partial charge in [-0.2, -0.15) is 0 Å². The van der Waals surface area contributed by atoms with Crippen molar-refractivity contribution in [1.29, 1.82) is 0 Å². The molecule has 0 radical (unpaired) electrons. The lowest BCUT2D eigenvalue weighted by molar-refractivity contribution is 0.242. The van der Waals surface area contributed by atoms with Crippen LogP contribution in [0.3, 0.4) is 0 Å². The van der Waals surface area contributed by atoms with E-state index in [-0.39, 0.29) is 6.10 Å². The molecule has 0 amide bonds. The summed E-state index contributed by atoms with van der Waals surface area (Å²) in [6.45, 7) is 6.52. The zero-order valence-corrected chi connectivity index (χ0v) is 14.9. The van der Waals surface area contributed by atoms with E-state index in [9.17, 15) is 0 Å². The predicted octanol–water partition coefficient (Wildman–Crippen LogP) is 5.06. The van der Waals surface area contributed by atoms with Gasteiger partial charge in [0.05, 0.1) is 18.4 Å². The fourth-order valence-electron chi connectivity index (χ4n) is 2.51. The predicted molar refractivity (Wildman–Crippen MR) is 98.1 cm³/mol. The minimum Gasteiger partial charge on any atom is -0.493 e. The van der Waals surface area contributed by atoms with Gasteiger partial charge in [-0.1, -0.05) is 18.2 Å². The monoisotopic (exact) mass is 337 g/mol. The van der Waals surface area contributed by atoms with Crippen LogP contribution in [0.15, 0.2) is 59.0 Å². The molecule has 4 heteroatoms. The summed E-state index contributed by atoms with van der Waals surface area (Å²) >= 11 is 0. The third kappa shape index (κ3) is 4.63. The molecule has 0 aliphatic carbocycles. The van der Waals surface area contributed by atoms with Gasteiger partial charge < -0.3 is 13.9 Å². The Bertz CT molecular complexity index is 792. The quantitative estimate of drug-likeness (QED) is 0.604. The summed E-state index contributed by atoms with van der Waals surface area (Å²) in [6.07, 6.45) is 0.865. The van der Waals surface area contributed by atoms with E-state index in [1.54, 1.807) is 0 Å². The highest BCUT2D eigenvalue weighted by Gasteiger charge is 2.12. The molecule has 0 spiro atoms. The molecule has 0 bridgehead atoms. The van der Waals surface area contributed by atoms with Crippen molar-refractivity contribution in [3.05, 3.63) is 66.1 Å². The van der Waals surface area contributed by atoms with Crippen molar-refractivity contribution in [2.45, 2.75) is 33.3 Å². The third-order valence-electron chi connectivity index (χ3n) is 3.72. The Balaban J connectivity index is 1.63. The molecule has 0 N–H and O–H groups in total. The molecular weight excluding hydrogens is 314 g/mol. The molecule has 130 valence electrons. The Kier molecular flexibility index (Phi) is 5.39. The molecule has 0 aliphatic heterocycles. The van der Waals surface area contributed by atoms with Crippen molar-refractivity contribution < 1.29 is 13.9 Å². The van der Waals surface area contributed by atoms with Crippen molar-refractivity contribution >= 4 is 0 Å². The number of aromatic nitrogens is 1. The molecule has 0 saturated heterocycles. The van der Waals surface area contributed by atoms with Crippen LogP contribution in [0.1, 0.15) is 25.3 Å². The highest BCUT2D eigenvalue weighted by molar-refractivity contribution is 5.55. The highest BCUT2D eigenvalue weighted by Crippen LogP contribution is 2.25. The van der Waals surface area contributed by atoms with Crippen molar-refractivity contribution in [3.63, 3.8) is 0 Å². The van der Waals surface area contributed by atoms with E-state index in [4.69, 9.17) is 13.9 Å². The fraction of sp³-hybridized carbons (Fsp3) is 0.286. The second kappa shape index (κ2) is 7.88. The van der Waals surface area contributed by atoms with E-state index in [0.29, 0.717) is 18.9 Å². The molecule has 1 aromatic heterocycles. The molecule has 0 aliphatic rings. The zero-order valence-electron chi connectivity index (χ0n) is 14.9. The first-order valence-electron chi connectivity index (χ1n) is 8.53. The number of ether oxygens (including phenoxy) is 2. The molecule has 25 heavy (non-hydrogen) atoms. The first-order chi connectivity index (χ1) is 12.1. The van der Waals surface area contributed by atoms with Crippen LogP contribution in [-0.2, 0) is 6.42 Å². The van der Waals surface area contributed by atoms with Gasteiger partial charge >= 0.3 is 0 Å². The molecule has 0 atom stereocenters. The summed E-state index contributed by atoms with van der Waals surface area (Å²) in [6, 6.07) is 17.6. The lowest BCUT2D eigenvalue weighted by atomic mass is 10.2. The van der Waals surface area contributed by atoms with Crippen LogP contribution >= 0.6 is 0 Å².